The van der Waals surface area contributed by atoms with Crippen LogP contribution in [0.25, 0.3) is 0 Å². The van der Waals surface area contributed by atoms with Gasteiger partial charge in [-0.3, -0.25) is 4.79 Å². The van der Waals surface area contributed by atoms with Crippen LogP contribution >= 0.6 is 0 Å². The summed E-state index contributed by atoms with van der Waals surface area (Å²) < 4.78 is 0. The minimum absolute atomic E-state index is 0. The number of hydrogen-bond donors (Lipinski definition) is 3. The number of hydrogen-bond acceptors (Lipinski definition) is 3. The molecule has 0 bridgehead atoms. The number of rotatable bonds is 0. The van der Waals surface area contributed by atoms with Crippen LogP contribution in [0.5, 0.6) is 0 Å². The topological polar surface area (TPSA) is 53.2 Å². The molecule has 0 atom stereocenters. The predicted octanol–water partition coefficient (Wildman–Crippen LogP) is -2.02. The number of fused-ring (bicyclic) bond motifs is 1. The zero-order valence-corrected chi connectivity index (χ0v) is 13.1. The average Bonchev–Trinajstić information content (AvgIpc) is 2.32. The van der Waals surface area contributed by atoms with Crippen molar-refractivity contribution in [3.8, 4) is 0 Å². The van der Waals surface area contributed by atoms with Gasteiger partial charge in [-0.1, -0.05) is 5.69 Å². The van der Waals surface area contributed by atoms with Gasteiger partial charge in [0.15, 0.2) is 0 Å². The summed E-state index contributed by atoms with van der Waals surface area (Å²) in [5.41, 5.74) is 1.41. The number of piperidine rings is 1. The molecule has 2 heterocycles. The second-order valence-electron chi connectivity index (χ2n) is 4.38. The number of anilines is 2. The average molecular weight is 255 g/mol. The van der Waals surface area contributed by atoms with Crippen LogP contribution in [0.2, 0.25) is 0 Å². The maximum absolute atomic E-state index is 12.1. The first-order chi connectivity index (χ1) is 7.80. The Labute approximate surface area is 143 Å². The Bertz CT molecular complexity index is 430. The summed E-state index contributed by atoms with van der Waals surface area (Å²) in [5, 5.41) is 9.62. The van der Waals surface area contributed by atoms with Gasteiger partial charge in [0.25, 0.3) is 0 Å². The summed E-state index contributed by atoms with van der Waals surface area (Å²) in [4.78, 5) is 12.1. The zero-order chi connectivity index (χ0) is 11.0. The van der Waals surface area contributed by atoms with Gasteiger partial charge in [-0.05, 0) is 31.6 Å². The van der Waals surface area contributed by atoms with E-state index in [-0.39, 0.29) is 57.3 Å². The Balaban J connectivity index is 0.00000108. The second-order valence-corrected chi connectivity index (χ2v) is 4.38. The minimum atomic E-state index is -0.417. The van der Waals surface area contributed by atoms with E-state index in [2.05, 4.69) is 22.0 Å². The van der Waals surface area contributed by atoms with Crippen LogP contribution in [0.15, 0.2) is 18.2 Å². The van der Waals surface area contributed by atoms with E-state index in [1.54, 1.807) is 6.07 Å². The first-order valence-corrected chi connectivity index (χ1v) is 5.61. The fourth-order valence-corrected chi connectivity index (χ4v) is 2.40. The molecule has 0 radical (unpaired) electrons. The van der Waals surface area contributed by atoms with Crippen LogP contribution < -0.4 is 67.3 Å². The summed E-state index contributed by atoms with van der Waals surface area (Å²) in [6.45, 7) is 1.77. The van der Waals surface area contributed by atoms with Gasteiger partial charge in [-0.2, -0.15) is 18.2 Å². The molecule has 17 heavy (non-hydrogen) atoms. The molecular formula is C12H14KN3O. The van der Waals surface area contributed by atoms with E-state index in [1.165, 1.54) is 0 Å². The second kappa shape index (κ2) is 5.38. The molecule has 2 aliphatic rings. The molecule has 1 spiro atoms. The van der Waals surface area contributed by atoms with Crippen molar-refractivity contribution >= 4 is 17.3 Å². The van der Waals surface area contributed by atoms with Gasteiger partial charge in [-0.15, -0.1) is 6.07 Å². The summed E-state index contributed by atoms with van der Waals surface area (Å²) in [6, 6.07) is 8.58. The third kappa shape index (κ3) is 2.45. The van der Waals surface area contributed by atoms with Gasteiger partial charge in [0, 0.05) is 0 Å². The van der Waals surface area contributed by atoms with Crippen molar-refractivity contribution in [1.82, 2.24) is 5.32 Å². The smallest absolute Gasteiger partial charge is 0.391 e. The molecule has 1 aromatic carbocycles. The van der Waals surface area contributed by atoms with Crippen molar-refractivity contribution in [2.45, 2.75) is 18.4 Å². The molecule has 2 aliphatic heterocycles. The normalized spacial score (nSPS) is 20.8. The monoisotopic (exact) mass is 255 g/mol. The molecule has 0 unspecified atom stereocenters. The number of carbonyl (C=O) groups is 1. The quantitative estimate of drug-likeness (QED) is 0.370. The third-order valence-corrected chi connectivity index (χ3v) is 3.38. The van der Waals surface area contributed by atoms with Crippen molar-refractivity contribution in [1.29, 1.82) is 0 Å². The molecule has 4 nitrogen and oxygen atoms in total. The van der Waals surface area contributed by atoms with Crippen molar-refractivity contribution in [2.24, 2.45) is 0 Å². The summed E-state index contributed by atoms with van der Waals surface area (Å²) in [6.07, 6.45) is 1.66. The summed E-state index contributed by atoms with van der Waals surface area (Å²) in [7, 11) is 0. The molecule has 0 aliphatic carbocycles. The SMILES string of the molecule is O=C1Nc2c[c-]ccc2NC12CCNCC2.[K+]. The Morgan fingerprint density at radius 3 is 2.76 bits per heavy atom. The number of benzene rings is 1. The first kappa shape index (κ1) is 13.5. The van der Waals surface area contributed by atoms with E-state index in [0.29, 0.717) is 0 Å². The van der Waals surface area contributed by atoms with Crippen molar-refractivity contribution in [3.05, 3.63) is 24.3 Å². The Kier molecular flexibility index (Phi) is 4.28. The van der Waals surface area contributed by atoms with Gasteiger partial charge in [0.05, 0.1) is 0 Å². The minimum Gasteiger partial charge on any atom is -0.391 e. The van der Waals surface area contributed by atoms with E-state index in [9.17, 15) is 4.79 Å². The van der Waals surface area contributed by atoms with Crippen LogP contribution in [-0.2, 0) is 4.79 Å². The van der Waals surface area contributed by atoms with Gasteiger partial charge in [-0.25, -0.2) is 0 Å². The Morgan fingerprint density at radius 2 is 2.00 bits per heavy atom. The molecule has 1 fully saturated rings. The van der Waals surface area contributed by atoms with E-state index < -0.39 is 5.54 Å². The largest absolute Gasteiger partial charge is 1.00 e. The molecule has 3 N–H and O–H groups in total. The molecule has 3 rings (SSSR count). The first-order valence-electron chi connectivity index (χ1n) is 5.61. The Hall–Kier alpha value is 0.0864. The fourth-order valence-electron chi connectivity index (χ4n) is 2.40. The standard InChI is InChI=1S/C12H14N3O.K/c16-11-12(5-7-13-8-6-12)15-10-4-2-1-3-9(10)14-11;/h2-4,13,15H,5-8H2,(H,14,16);/q-1;+1. The molecule has 5 heteroatoms. The van der Waals surface area contributed by atoms with Crippen LogP contribution in [-0.4, -0.2) is 24.5 Å². The van der Waals surface area contributed by atoms with Crippen LogP contribution in [0.1, 0.15) is 12.8 Å². The molecular weight excluding hydrogens is 241 g/mol. The van der Waals surface area contributed by atoms with Gasteiger partial charge in [0.1, 0.15) is 5.54 Å². The summed E-state index contributed by atoms with van der Waals surface area (Å²) in [5.74, 6) is 0.0844. The van der Waals surface area contributed by atoms with Crippen molar-refractivity contribution < 1.29 is 56.2 Å². The number of carbonyl (C=O) groups excluding carboxylic acids is 1. The van der Waals surface area contributed by atoms with E-state index in [4.69, 9.17) is 0 Å². The molecule has 1 saturated heterocycles. The van der Waals surface area contributed by atoms with Gasteiger partial charge < -0.3 is 16.0 Å². The predicted molar refractivity (Wildman–Crippen MR) is 62.4 cm³/mol. The molecule has 1 aromatic rings. The van der Waals surface area contributed by atoms with Gasteiger partial charge in [0.2, 0.25) is 5.91 Å². The van der Waals surface area contributed by atoms with E-state index in [1.807, 2.05) is 12.1 Å². The van der Waals surface area contributed by atoms with Crippen LogP contribution in [0, 0.1) is 6.07 Å². The molecule has 0 saturated carbocycles. The molecule has 0 aromatic heterocycles. The van der Waals surface area contributed by atoms with Crippen molar-refractivity contribution in [2.75, 3.05) is 23.7 Å². The van der Waals surface area contributed by atoms with E-state index >= 15 is 0 Å². The van der Waals surface area contributed by atoms with Crippen molar-refractivity contribution in [3.63, 3.8) is 0 Å². The van der Waals surface area contributed by atoms with Crippen LogP contribution in [0.4, 0.5) is 11.4 Å². The maximum Gasteiger partial charge on any atom is 1.00 e. The summed E-state index contributed by atoms with van der Waals surface area (Å²) >= 11 is 0. The van der Waals surface area contributed by atoms with Crippen LogP contribution in [0.3, 0.4) is 0 Å². The third-order valence-electron chi connectivity index (χ3n) is 3.38. The Morgan fingerprint density at radius 1 is 1.24 bits per heavy atom. The molecule has 1 amide bonds. The fraction of sp³-hybridized carbons (Fsp3) is 0.417. The molecule has 84 valence electrons. The number of amides is 1. The van der Waals surface area contributed by atoms with Gasteiger partial charge >= 0.3 is 51.4 Å². The number of nitrogens with one attached hydrogen (secondary N) is 3. The zero-order valence-electron chi connectivity index (χ0n) is 9.97. The van der Waals surface area contributed by atoms with E-state index in [0.717, 1.165) is 37.3 Å². The maximum atomic E-state index is 12.1.